The van der Waals surface area contributed by atoms with E-state index in [2.05, 4.69) is 15.5 Å². The van der Waals surface area contributed by atoms with Gasteiger partial charge >= 0.3 is 0 Å². The van der Waals surface area contributed by atoms with Crippen molar-refractivity contribution in [2.24, 2.45) is 0 Å². The van der Waals surface area contributed by atoms with Crippen LogP contribution in [0.3, 0.4) is 0 Å². The minimum absolute atomic E-state index is 0.182. The van der Waals surface area contributed by atoms with Gasteiger partial charge in [0, 0.05) is 5.56 Å². The van der Waals surface area contributed by atoms with Gasteiger partial charge in [0.05, 0.1) is 22.0 Å². The van der Waals surface area contributed by atoms with Crippen LogP contribution in [0.1, 0.15) is 6.92 Å². The van der Waals surface area contributed by atoms with Gasteiger partial charge in [-0.05, 0) is 25.1 Å². The van der Waals surface area contributed by atoms with Crippen LogP contribution < -0.4 is 9.62 Å². The lowest BCUT2D eigenvalue weighted by Crippen LogP contribution is -2.45. The molecule has 2 aromatic carbocycles. The molecule has 7 nitrogen and oxygen atoms in total. The molecule has 3 aromatic rings. The SMILES string of the molecule is CC(C(=O)Nc1nnc(-c2ccccc2)s1)N(c1ccc(Cl)c(Cl)c1)S(C)(=O)=O. The minimum Gasteiger partial charge on any atom is -0.299 e. The van der Waals surface area contributed by atoms with Crippen LogP contribution in [0.4, 0.5) is 10.8 Å². The van der Waals surface area contributed by atoms with Crippen LogP contribution in [-0.2, 0) is 14.8 Å². The van der Waals surface area contributed by atoms with Crippen LogP contribution in [0.15, 0.2) is 48.5 Å². The molecule has 1 aromatic heterocycles. The van der Waals surface area contributed by atoms with E-state index in [-0.39, 0.29) is 20.9 Å². The third kappa shape index (κ3) is 5.05. The Kier molecular flexibility index (Phi) is 6.42. The monoisotopic (exact) mass is 470 g/mol. The highest BCUT2D eigenvalue weighted by atomic mass is 35.5. The number of carbonyl (C=O) groups is 1. The fraction of sp³-hybridized carbons (Fsp3) is 0.167. The molecule has 0 fully saturated rings. The molecule has 1 unspecified atom stereocenters. The van der Waals surface area contributed by atoms with E-state index in [0.29, 0.717) is 5.01 Å². The third-order valence-corrected chi connectivity index (χ3v) is 6.79. The van der Waals surface area contributed by atoms with Crippen molar-refractivity contribution >= 4 is 61.3 Å². The summed E-state index contributed by atoms with van der Waals surface area (Å²) in [5.74, 6) is -0.558. The fourth-order valence-electron chi connectivity index (χ4n) is 2.61. The molecule has 29 heavy (non-hydrogen) atoms. The molecule has 0 aliphatic carbocycles. The lowest BCUT2D eigenvalue weighted by Gasteiger charge is -2.28. The van der Waals surface area contributed by atoms with Crippen molar-refractivity contribution in [3.05, 3.63) is 58.6 Å². The van der Waals surface area contributed by atoms with Crippen molar-refractivity contribution in [2.75, 3.05) is 15.9 Å². The topological polar surface area (TPSA) is 92.3 Å². The van der Waals surface area contributed by atoms with Gasteiger partial charge in [-0.2, -0.15) is 0 Å². The normalized spacial score (nSPS) is 12.4. The number of carbonyl (C=O) groups excluding carboxylic acids is 1. The zero-order chi connectivity index (χ0) is 21.2. The summed E-state index contributed by atoms with van der Waals surface area (Å²) in [6.07, 6.45) is 1.01. The molecule has 1 N–H and O–H groups in total. The minimum atomic E-state index is -3.78. The Morgan fingerprint density at radius 1 is 1.10 bits per heavy atom. The molecule has 3 rings (SSSR count). The average molecular weight is 471 g/mol. The summed E-state index contributed by atoms with van der Waals surface area (Å²) >= 11 is 13.1. The Morgan fingerprint density at radius 2 is 1.79 bits per heavy atom. The number of nitrogens with zero attached hydrogens (tertiary/aromatic N) is 3. The summed E-state index contributed by atoms with van der Waals surface area (Å²) in [4.78, 5) is 12.7. The van der Waals surface area contributed by atoms with Gasteiger partial charge in [-0.25, -0.2) is 8.42 Å². The van der Waals surface area contributed by atoms with Crippen LogP contribution in [0.25, 0.3) is 10.6 Å². The van der Waals surface area contributed by atoms with Crippen molar-refractivity contribution in [3.8, 4) is 10.6 Å². The number of anilines is 2. The molecular weight excluding hydrogens is 455 g/mol. The molecule has 0 radical (unpaired) electrons. The van der Waals surface area contributed by atoms with Crippen LogP contribution in [0, 0.1) is 0 Å². The molecular formula is C18H16Cl2N4O3S2. The predicted molar refractivity (Wildman–Crippen MR) is 117 cm³/mol. The van der Waals surface area contributed by atoms with Crippen molar-refractivity contribution in [1.29, 1.82) is 0 Å². The molecule has 1 amide bonds. The standard InChI is InChI=1S/C18H16Cl2N4O3S2/c1-11(24(29(2,26)27)13-8-9-14(19)15(20)10-13)16(25)21-18-23-22-17(28-18)12-6-4-3-5-7-12/h3-11H,1-2H3,(H,21,23,25). The van der Waals surface area contributed by atoms with Crippen LogP contribution >= 0.6 is 34.5 Å². The first kappa shape index (κ1) is 21.5. The first-order valence-corrected chi connectivity index (χ1v) is 11.7. The van der Waals surface area contributed by atoms with Crippen molar-refractivity contribution in [2.45, 2.75) is 13.0 Å². The number of hydrogen-bond donors (Lipinski definition) is 1. The van der Waals surface area contributed by atoms with E-state index < -0.39 is 22.0 Å². The van der Waals surface area contributed by atoms with E-state index in [4.69, 9.17) is 23.2 Å². The molecule has 0 aliphatic heterocycles. The van der Waals surface area contributed by atoms with Gasteiger partial charge < -0.3 is 0 Å². The second-order valence-electron chi connectivity index (χ2n) is 6.10. The molecule has 152 valence electrons. The number of nitrogens with one attached hydrogen (secondary N) is 1. The number of benzene rings is 2. The van der Waals surface area contributed by atoms with E-state index in [1.807, 2.05) is 30.3 Å². The molecule has 0 saturated heterocycles. The first-order chi connectivity index (χ1) is 13.7. The number of amides is 1. The fourth-order valence-corrected chi connectivity index (χ4v) is 4.82. The largest absolute Gasteiger partial charge is 0.299 e. The lowest BCUT2D eigenvalue weighted by molar-refractivity contribution is -0.116. The summed E-state index contributed by atoms with van der Waals surface area (Å²) in [5, 5.41) is 12.0. The van der Waals surface area contributed by atoms with E-state index in [1.54, 1.807) is 0 Å². The number of aromatic nitrogens is 2. The highest BCUT2D eigenvalue weighted by molar-refractivity contribution is 7.92. The maximum Gasteiger partial charge on any atom is 0.249 e. The molecule has 0 aliphatic rings. The first-order valence-electron chi connectivity index (χ1n) is 8.31. The second kappa shape index (κ2) is 8.66. The summed E-state index contributed by atoms with van der Waals surface area (Å²) in [7, 11) is -3.78. The smallest absolute Gasteiger partial charge is 0.249 e. The number of halogens is 2. The number of sulfonamides is 1. The summed E-state index contributed by atoms with van der Waals surface area (Å²) in [6, 6.07) is 12.7. The van der Waals surface area contributed by atoms with E-state index in [1.165, 1.54) is 36.5 Å². The Labute approximate surface area is 182 Å². The van der Waals surface area contributed by atoms with Crippen LogP contribution in [0.2, 0.25) is 10.0 Å². The van der Waals surface area contributed by atoms with Gasteiger partial charge in [0.15, 0.2) is 0 Å². The van der Waals surface area contributed by atoms with Gasteiger partial charge in [0.1, 0.15) is 11.0 Å². The van der Waals surface area contributed by atoms with Gasteiger partial charge in [0.2, 0.25) is 21.1 Å². The Hall–Kier alpha value is -2.20. The van der Waals surface area contributed by atoms with E-state index >= 15 is 0 Å². The van der Waals surface area contributed by atoms with Crippen molar-refractivity contribution in [1.82, 2.24) is 10.2 Å². The van der Waals surface area contributed by atoms with E-state index in [0.717, 1.165) is 16.1 Å². The lowest BCUT2D eigenvalue weighted by atomic mass is 10.2. The number of rotatable bonds is 6. The molecule has 1 heterocycles. The maximum absolute atomic E-state index is 12.7. The second-order valence-corrected chi connectivity index (χ2v) is 9.75. The molecule has 0 bridgehead atoms. The van der Waals surface area contributed by atoms with Crippen molar-refractivity contribution < 1.29 is 13.2 Å². The van der Waals surface area contributed by atoms with Crippen molar-refractivity contribution in [3.63, 3.8) is 0 Å². The molecule has 1 atom stereocenters. The Balaban J connectivity index is 1.83. The zero-order valence-electron chi connectivity index (χ0n) is 15.3. The van der Waals surface area contributed by atoms with Gasteiger partial charge in [0.25, 0.3) is 0 Å². The predicted octanol–water partition coefficient (Wildman–Crippen LogP) is 4.31. The molecule has 0 spiro atoms. The zero-order valence-corrected chi connectivity index (χ0v) is 18.5. The summed E-state index contributed by atoms with van der Waals surface area (Å²) < 4.78 is 25.7. The molecule has 11 heteroatoms. The number of hydrogen-bond acceptors (Lipinski definition) is 6. The Bertz CT molecular complexity index is 1140. The van der Waals surface area contributed by atoms with E-state index in [9.17, 15) is 13.2 Å². The van der Waals surface area contributed by atoms with Gasteiger partial charge in [-0.3, -0.25) is 14.4 Å². The third-order valence-electron chi connectivity index (χ3n) is 3.92. The Morgan fingerprint density at radius 3 is 2.41 bits per heavy atom. The quantitative estimate of drug-likeness (QED) is 0.579. The summed E-state index contributed by atoms with van der Waals surface area (Å²) in [6.45, 7) is 1.47. The van der Waals surface area contributed by atoms with Crippen LogP contribution in [-0.4, -0.2) is 36.8 Å². The maximum atomic E-state index is 12.7. The molecule has 0 saturated carbocycles. The average Bonchev–Trinajstić information content (AvgIpc) is 3.13. The van der Waals surface area contributed by atoms with Gasteiger partial charge in [-0.1, -0.05) is 64.9 Å². The summed E-state index contributed by atoms with van der Waals surface area (Å²) in [5.41, 5.74) is 1.10. The highest BCUT2D eigenvalue weighted by Crippen LogP contribution is 2.30. The van der Waals surface area contributed by atoms with Gasteiger partial charge in [-0.15, -0.1) is 10.2 Å². The van der Waals surface area contributed by atoms with Crippen LogP contribution in [0.5, 0.6) is 0 Å². The highest BCUT2D eigenvalue weighted by Gasteiger charge is 2.30.